The molecule has 262 valence electrons. The summed E-state index contributed by atoms with van der Waals surface area (Å²) in [7, 11) is 0. The summed E-state index contributed by atoms with van der Waals surface area (Å²) < 4.78 is 17.3. The van der Waals surface area contributed by atoms with Crippen molar-refractivity contribution in [2.45, 2.75) is 162 Å². The molecule has 3 rings (SSSR count). The molecule has 0 aliphatic carbocycles. The lowest BCUT2D eigenvalue weighted by Gasteiger charge is -2.41. The van der Waals surface area contributed by atoms with Gasteiger partial charge in [0, 0.05) is 12.0 Å². The van der Waals surface area contributed by atoms with Gasteiger partial charge in [-0.15, -0.1) is 0 Å². The van der Waals surface area contributed by atoms with Crippen molar-refractivity contribution in [2.24, 2.45) is 5.41 Å². The molecule has 0 fully saturated rings. The summed E-state index contributed by atoms with van der Waals surface area (Å²) in [5, 5.41) is 0. The van der Waals surface area contributed by atoms with Gasteiger partial charge in [-0.25, -0.2) is 0 Å². The monoisotopic (exact) mass is 648 g/mol. The van der Waals surface area contributed by atoms with Gasteiger partial charge in [0.2, 0.25) is 0 Å². The third kappa shape index (κ3) is 10.8. The number of unbranched alkanes of at least 4 members (excludes halogenated alkanes) is 14. The number of carbonyl (C=O) groups is 2. The van der Waals surface area contributed by atoms with Crippen molar-refractivity contribution in [3.8, 4) is 11.5 Å². The summed E-state index contributed by atoms with van der Waals surface area (Å²) in [6.07, 6.45) is 20.1. The first-order valence-electron chi connectivity index (χ1n) is 18.7. The highest BCUT2D eigenvalue weighted by Crippen LogP contribution is 2.57. The molecule has 0 bridgehead atoms. The Kier molecular flexibility index (Phi) is 15.3. The van der Waals surface area contributed by atoms with Gasteiger partial charge < -0.3 is 14.2 Å². The number of rotatable bonds is 21. The molecule has 47 heavy (non-hydrogen) atoms. The van der Waals surface area contributed by atoms with Crippen LogP contribution in [0.5, 0.6) is 11.5 Å². The molecule has 2 aromatic carbocycles. The molecule has 0 N–H and O–H groups in total. The number of benzene rings is 2. The zero-order valence-electron chi connectivity index (χ0n) is 30.8. The highest BCUT2D eigenvalue weighted by atomic mass is 16.6. The highest BCUT2D eigenvalue weighted by molar-refractivity contribution is 5.96. The van der Waals surface area contributed by atoms with Gasteiger partial charge in [0.1, 0.15) is 30.1 Å². The second kappa shape index (κ2) is 18.7. The molecule has 1 heterocycles. The largest absolute Gasteiger partial charge is 0.490 e. The number of carbonyl (C=O) groups excluding carboxylic acids is 2. The Morgan fingerprint density at radius 2 is 1.23 bits per heavy atom. The third-order valence-electron chi connectivity index (χ3n) is 9.73. The van der Waals surface area contributed by atoms with Crippen molar-refractivity contribution >= 4 is 11.9 Å². The summed E-state index contributed by atoms with van der Waals surface area (Å²) >= 11 is 0. The van der Waals surface area contributed by atoms with Gasteiger partial charge >= 0.3 is 11.9 Å². The van der Waals surface area contributed by atoms with E-state index < -0.39 is 10.8 Å². The maximum atomic E-state index is 13.8. The van der Waals surface area contributed by atoms with Crippen LogP contribution in [0.15, 0.2) is 42.5 Å². The minimum absolute atomic E-state index is 0.154. The van der Waals surface area contributed by atoms with E-state index >= 15 is 0 Å². The number of fused-ring (bicyclic) bond motifs is 1. The van der Waals surface area contributed by atoms with Crippen molar-refractivity contribution < 1.29 is 23.8 Å². The molecule has 0 aromatic heterocycles. The van der Waals surface area contributed by atoms with Crippen LogP contribution in [0.1, 0.15) is 168 Å². The van der Waals surface area contributed by atoms with E-state index in [0.29, 0.717) is 17.9 Å². The smallest absolute Gasteiger partial charge is 0.327 e. The van der Waals surface area contributed by atoms with Crippen LogP contribution in [0.4, 0.5) is 0 Å². The third-order valence-corrected chi connectivity index (χ3v) is 9.73. The van der Waals surface area contributed by atoms with Crippen molar-refractivity contribution in [3.05, 3.63) is 59.2 Å². The Morgan fingerprint density at radius 1 is 0.702 bits per heavy atom. The van der Waals surface area contributed by atoms with Crippen molar-refractivity contribution in [2.75, 3.05) is 13.2 Å². The number of hydrogen-bond donors (Lipinski definition) is 0. The van der Waals surface area contributed by atoms with Crippen LogP contribution >= 0.6 is 0 Å². The molecular formula is C42H64O5. The van der Waals surface area contributed by atoms with Crippen LogP contribution in [0.2, 0.25) is 0 Å². The lowest BCUT2D eigenvalue weighted by molar-refractivity contribution is -0.144. The zero-order chi connectivity index (χ0) is 34.3. The fraction of sp³-hybridized carbons (Fsp3) is 0.667. The fourth-order valence-electron chi connectivity index (χ4n) is 7.11. The maximum Gasteiger partial charge on any atom is 0.327 e. The molecule has 1 aliphatic heterocycles. The predicted octanol–water partition coefficient (Wildman–Crippen LogP) is 11.4. The number of ether oxygens (including phenoxy) is 3. The van der Waals surface area contributed by atoms with E-state index in [9.17, 15) is 9.59 Å². The van der Waals surface area contributed by atoms with E-state index in [2.05, 4.69) is 54.5 Å². The van der Waals surface area contributed by atoms with Crippen LogP contribution < -0.4 is 9.47 Å². The quantitative estimate of drug-likeness (QED) is 0.0766. The van der Waals surface area contributed by atoms with Crippen LogP contribution in [0.25, 0.3) is 0 Å². The van der Waals surface area contributed by atoms with Gasteiger partial charge in [0.25, 0.3) is 0 Å². The normalized spacial score (nSPS) is 16.2. The molecule has 0 radical (unpaired) electrons. The van der Waals surface area contributed by atoms with E-state index in [-0.39, 0.29) is 30.6 Å². The van der Waals surface area contributed by atoms with Gasteiger partial charge in [-0.3, -0.25) is 9.59 Å². The summed E-state index contributed by atoms with van der Waals surface area (Å²) in [5.41, 5.74) is 1.39. The Bertz CT molecular complexity index is 1230. The van der Waals surface area contributed by atoms with Crippen molar-refractivity contribution in [1.29, 1.82) is 0 Å². The molecule has 2 aromatic rings. The van der Waals surface area contributed by atoms with Crippen LogP contribution in [0, 0.1) is 5.41 Å². The van der Waals surface area contributed by atoms with Gasteiger partial charge in [0.05, 0.1) is 0 Å². The Morgan fingerprint density at radius 3 is 1.74 bits per heavy atom. The average molecular weight is 649 g/mol. The lowest BCUT2D eigenvalue weighted by atomic mass is 9.57. The van der Waals surface area contributed by atoms with Crippen molar-refractivity contribution in [1.82, 2.24) is 0 Å². The van der Waals surface area contributed by atoms with Crippen LogP contribution in [-0.4, -0.2) is 25.2 Å². The van der Waals surface area contributed by atoms with Crippen LogP contribution in [0.3, 0.4) is 0 Å². The molecular weight excluding hydrogens is 584 g/mol. The SMILES string of the molecule is CCCCCCCCCCCCCCCCCC(=O)OCCOc1ccc(C2(C(C)(C)C)C(=O)Oc3cccc(C(C)(C)C)c32)cc1. The van der Waals surface area contributed by atoms with E-state index in [4.69, 9.17) is 14.2 Å². The first-order chi connectivity index (χ1) is 22.4. The molecule has 0 saturated heterocycles. The summed E-state index contributed by atoms with van der Waals surface area (Å²) in [4.78, 5) is 26.0. The lowest BCUT2D eigenvalue weighted by Crippen LogP contribution is -2.47. The average Bonchev–Trinajstić information content (AvgIpc) is 3.33. The summed E-state index contributed by atoms with van der Waals surface area (Å²) in [6.45, 7) is 15.6. The minimum Gasteiger partial charge on any atom is -0.490 e. The van der Waals surface area contributed by atoms with E-state index in [1.807, 2.05) is 36.4 Å². The van der Waals surface area contributed by atoms with Gasteiger partial charge in [-0.2, -0.15) is 0 Å². The van der Waals surface area contributed by atoms with Gasteiger partial charge in [0.15, 0.2) is 0 Å². The van der Waals surface area contributed by atoms with Crippen LogP contribution in [-0.2, 0) is 25.2 Å². The van der Waals surface area contributed by atoms with Gasteiger partial charge in [-0.1, -0.05) is 163 Å². The zero-order valence-corrected chi connectivity index (χ0v) is 30.8. The second-order valence-electron chi connectivity index (χ2n) is 15.6. The topological polar surface area (TPSA) is 61.8 Å². The van der Waals surface area contributed by atoms with E-state index in [0.717, 1.165) is 29.5 Å². The molecule has 0 saturated carbocycles. The van der Waals surface area contributed by atoms with E-state index in [1.165, 1.54) is 83.5 Å². The number of hydrogen-bond acceptors (Lipinski definition) is 5. The number of esters is 2. The minimum atomic E-state index is -0.951. The first-order valence-corrected chi connectivity index (χ1v) is 18.7. The standard InChI is InChI=1S/C42H64O5/c1-8-9-10-11-12-13-14-15-16-17-18-19-20-21-22-26-37(43)46-32-31-45-34-29-27-33(28-30-34)42(41(5,6)7)38-35(40(2,3)4)24-23-25-36(38)47-39(42)44/h23-25,27-30H,8-22,26,31-32H2,1-7H3. The molecule has 5 heteroatoms. The van der Waals surface area contributed by atoms with Gasteiger partial charge in [-0.05, 0) is 46.6 Å². The predicted molar refractivity (Wildman–Crippen MR) is 193 cm³/mol. The maximum absolute atomic E-state index is 13.8. The Labute approximate surface area is 286 Å². The fourth-order valence-corrected chi connectivity index (χ4v) is 7.11. The molecule has 1 aliphatic rings. The molecule has 1 unspecified atom stereocenters. The summed E-state index contributed by atoms with van der Waals surface area (Å²) in [5.74, 6) is 0.918. The first kappa shape index (κ1) is 38.6. The van der Waals surface area contributed by atoms with E-state index in [1.54, 1.807) is 0 Å². The van der Waals surface area contributed by atoms with Crippen molar-refractivity contribution in [3.63, 3.8) is 0 Å². The summed E-state index contributed by atoms with van der Waals surface area (Å²) in [6, 6.07) is 13.7. The Balaban J connectivity index is 1.35. The second-order valence-corrected chi connectivity index (χ2v) is 15.6. The molecule has 1 atom stereocenters. The molecule has 5 nitrogen and oxygen atoms in total. The Hall–Kier alpha value is -2.82. The molecule has 0 spiro atoms. The molecule has 0 amide bonds. The highest BCUT2D eigenvalue weighted by Gasteiger charge is 2.59.